The van der Waals surface area contributed by atoms with Crippen molar-refractivity contribution in [1.82, 2.24) is 9.55 Å². The molecule has 1 fully saturated rings. The van der Waals surface area contributed by atoms with Gasteiger partial charge in [0, 0.05) is 6.04 Å². The first-order chi connectivity index (χ1) is 9.13. The number of aromatic carboxylic acids is 1. The van der Waals surface area contributed by atoms with Crippen molar-refractivity contribution < 1.29 is 9.90 Å². The molecule has 2 N–H and O–H groups in total. The number of carboxylic acid groups (broad SMARTS) is 1. The summed E-state index contributed by atoms with van der Waals surface area (Å²) in [7, 11) is 0. The van der Waals surface area contributed by atoms with Crippen molar-refractivity contribution in [2.24, 2.45) is 5.92 Å². The largest absolute Gasteiger partial charge is 0.478 e. The van der Waals surface area contributed by atoms with Crippen LogP contribution in [0.2, 0.25) is 0 Å². The standard InChI is InChI=1S/C14H16N2O3/c1-2-4-8-7-11(8)16-10-6-3-5-9(13(17)18)12(10)15-14(16)19/h3,5-6,8,11H,2,4,7H2,1H3,(H,15,19)(H,17,18). The second-order valence-corrected chi connectivity index (χ2v) is 5.16. The zero-order chi connectivity index (χ0) is 13.6. The Morgan fingerprint density at radius 3 is 3.00 bits per heavy atom. The Morgan fingerprint density at radius 1 is 1.53 bits per heavy atom. The minimum Gasteiger partial charge on any atom is -0.478 e. The number of para-hydroxylation sites is 1. The molecule has 100 valence electrons. The van der Waals surface area contributed by atoms with Crippen LogP contribution < -0.4 is 5.69 Å². The Labute approximate surface area is 109 Å². The fourth-order valence-corrected chi connectivity index (χ4v) is 2.89. The number of aromatic nitrogens is 2. The summed E-state index contributed by atoms with van der Waals surface area (Å²) in [6.07, 6.45) is 3.24. The van der Waals surface area contributed by atoms with Crippen molar-refractivity contribution in [2.75, 3.05) is 0 Å². The lowest BCUT2D eigenvalue weighted by atomic mass is 10.2. The van der Waals surface area contributed by atoms with Crippen LogP contribution in [0.25, 0.3) is 11.0 Å². The molecule has 2 aromatic rings. The summed E-state index contributed by atoms with van der Waals surface area (Å²) in [5.74, 6) is -0.463. The predicted molar refractivity (Wildman–Crippen MR) is 71.6 cm³/mol. The Bertz CT molecular complexity index is 698. The molecule has 1 saturated carbocycles. The van der Waals surface area contributed by atoms with Crippen LogP contribution >= 0.6 is 0 Å². The summed E-state index contributed by atoms with van der Waals surface area (Å²) in [6, 6.07) is 5.24. The number of imidazole rings is 1. The molecule has 1 aliphatic rings. The molecule has 19 heavy (non-hydrogen) atoms. The number of fused-ring (bicyclic) bond motifs is 1. The number of carbonyl (C=O) groups is 1. The van der Waals surface area contributed by atoms with Crippen LogP contribution in [-0.4, -0.2) is 20.6 Å². The third kappa shape index (κ3) is 1.85. The van der Waals surface area contributed by atoms with Crippen molar-refractivity contribution in [2.45, 2.75) is 32.2 Å². The molecule has 1 aromatic carbocycles. The number of carboxylic acids is 1. The smallest absolute Gasteiger partial charge is 0.337 e. The Balaban J connectivity index is 2.12. The van der Waals surface area contributed by atoms with Crippen molar-refractivity contribution in [3.63, 3.8) is 0 Å². The number of benzene rings is 1. The van der Waals surface area contributed by atoms with Gasteiger partial charge in [-0.3, -0.25) is 4.57 Å². The molecule has 0 aliphatic heterocycles. The first kappa shape index (κ1) is 12.0. The number of rotatable bonds is 4. The molecule has 5 heteroatoms. The Kier molecular flexibility index (Phi) is 2.69. The monoisotopic (exact) mass is 260 g/mol. The second-order valence-electron chi connectivity index (χ2n) is 5.16. The number of nitrogens with zero attached hydrogens (tertiary/aromatic N) is 1. The average Bonchev–Trinajstić information content (AvgIpc) is 3.02. The fraction of sp³-hybridized carbons (Fsp3) is 0.429. The first-order valence-electron chi connectivity index (χ1n) is 6.60. The number of hydrogen-bond donors (Lipinski definition) is 2. The molecular weight excluding hydrogens is 244 g/mol. The molecule has 1 heterocycles. The maximum atomic E-state index is 12.1. The van der Waals surface area contributed by atoms with E-state index in [4.69, 9.17) is 5.11 Å². The van der Waals surface area contributed by atoms with E-state index in [1.807, 2.05) is 0 Å². The molecular formula is C14H16N2O3. The van der Waals surface area contributed by atoms with Gasteiger partial charge in [-0.2, -0.15) is 0 Å². The van der Waals surface area contributed by atoms with Crippen molar-refractivity contribution in [3.8, 4) is 0 Å². The van der Waals surface area contributed by atoms with Gasteiger partial charge >= 0.3 is 11.7 Å². The highest BCUT2D eigenvalue weighted by molar-refractivity contribution is 6.00. The normalized spacial score (nSPS) is 21.7. The van der Waals surface area contributed by atoms with Crippen molar-refractivity contribution >= 4 is 17.0 Å². The Morgan fingerprint density at radius 2 is 2.32 bits per heavy atom. The van der Waals surface area contributed by atoms with Crippen LogP contribution in [0, 0.1) is 5.92 Å². The highest BCUT2D eigenvalue weighted by atomic mass is 16.4. The van der Waals surface area contributed by atoms with Gasteiger partial charge in [-0.15, -0.1) is 0 Å². The average molecular weight is 260 g/mol. The molecule has 3 rings (SSSR count). The van der Waals surface area contributed by atoms with E-state index in [9.17, 15) is 9.59 Å². The summed E-state index contributed by atoms with van der Waals surface area (Å²) in [4.78, 5) is 25.9. The molecule has 2 unspecified atom stereocenters. The molecule has 2 atom stereocenters. The minimum absolute atomic E-state index is 0.154. The van der Waals surface area contributed by atoms with E-state index in [-0.39, 0.29) is 17.3 Å². The van der Waals surface area contributed by atoms with Gasteiger partial charge < -0.3 is 10.1 Å². The molecule has 1 aliphatic carbocycles. The van der Waals surface area contributed by atoms with Crippen LogP contribution in [0.5, 0.6) is 0 Å². The molecule has 0 saturated heterocycles. The van der Waals surface area contributed by atoms with Gasteiger partial charge in [0.25, 0.3) is 0 Å². The minimum atomic E-state index is -1.01. The summed E-state index contributed by atoms with van der Waals surface area (Å²) in [6.45, 7) is 2.13. The SMILES string of the molecule is CCCC1CC1n1c(=O)[nH]c2c(C(=O)O)cccc21. The van der Waals surface area contributed by atoms with Gasteiger partial charge in [0.05, 0.1) is 16.6 Å². The molecule has 1 aromatic heterocycles. The van der Waals surface area contributed by atoms with Crippen LogP contribution in [0.3, 0.4) is 0 Å². The molecule has 0 radical (unpaired) electrons. The zero-order valence-electron chi connectivity index (χ0n) is 10.7. The highest BCUT2D eigenvalue weighted by Gasteiger charge is 2.39. The van der Waals surface area contributed by atoms with E-state index in [0.29, 0.717) is 17.0 Å². The lowest BCUT2D eigenvalue weighted by Crippen LogP contribution is -2.16. The van der Waals surface area contributed by atoms with Crippen LogP contribution in [0.1, 0.15) is 42.6 Å². The second kappa shape index (κ2) is 4.26. The van der Waals surface area contributed by atoms with Gasteiger partial charge in [-0.05, 0) is 30.9 Å². The van der Waals surface area contributed by atoms with Crippen molar-refractivity contribution in [3.05, 3.63) is 34.2 Å². The summed E-state index contributed by atoms with van der Waals surface area (Å²) in [5.41, 5.74) is 1.09. The maximum Gasteiger partial charge on any atom is 0.337 e. The van der Waals surface area contributed by atoms with Crippen LogP contribution in [0.15, 0.2) is 23.0 Å². The van der Waals surface area contributed by atoms with Gasteiger partial charge in [0.1, 0.15) is 0 Å². The third-order valence-corrected chi connectivity index (χ3v) is 3.86. The van der Waals surface area contributed by atoms with Gasteiger partial charge in [-0.25, -0.2) is 9.59 Å². The van der Waals surface area contributed by atoms with E-state index >= 15 is 0 Å². The predicted octanol–water partition coefficient (Wildman–Crippen LogP) is 2.39. The van der Waals surface area contributed by atoms with Crippen LogP contribution in [-0.2, 0) is 0 Å². The summed E-state index contributed by atoms with van der Waals surface area (Å²) in [5, 5.41) is 9.14. The quantitative estimate of drug-likeness (QED) is 0.886. The lowest BCUT2D eigenvalue weighted by molar-refractivity contribution is 0.0699. The number of hydrogen-bond acceptors (Lipinski definition) is 2. The van der Waals surface area contributed by atoms with E-state index in [0.717, 1.165) is 19.3 Å². The van der Waals surface area contributed by atoms with E-state index in [1.165, 1.54) is 6.07 Å². The van der Waals surface area contributed by atoms with Crippen LogP contribution in [0.4, 0.5) is 0 Å². The molecule has 0 amide bonds. The third-order valence-electron chi connectivity index (χ3n) is 3.86. The van der Waals surface area contributed by atoms with Gasteiger partial charge in [0.15, 0.2) is 0 Å². The Hall–Kier alpha value is -2.04. The summed E-state index contributed by atoms with van der Waals surface area (Å²) < 4.78 is 1.72. The maximum absolute atomic E-state index is 12.1. The van der Waals surface area contributed by atoms with Gasteiger partial charge in [0.2, 0.25) is 0 Å². The zero-order valence-corrected chi connectivity index (χ0v) is 10.7. The highest BCUT2D eigenvalue weighted by Crippen LogP contribution is 2.46. The fourth-order valence-electron chi connectivity index (χ4n) is 2.89. The van der Waals surface area contributed by atoms with Crippen molar-refractivity contribution in [1.29, 1.82) is 0 Å². The molecule has 0 spiro atoms. The van der Waals surface area contributed by atoms with E-state index in [2.05, 4.69) is 11.9 Å². The first-order valence-corrected chi connectivity index (χ1v) is 6.60. The number of H-pyrrole nitrogens is 1. The van der Waals surface area contributed by atoms with E-state index < -0.39 is 5.97 Å². The number of nitrogens with one attached hydrogen (secondary N) is 1. The number of aromatic amines is 1. The van der Waals surface area contributed by atoms with Gasteiger partial charge in [-0.1, -0.05) is 19.4 Å². The lowest BCUT2D eigenvalue weighted by Gasteiger charge is -2.02. The molecule has 0 bridgehead atoms. The molecule has 5 nitrogen and oxygen atoms in total. The van der Waals surface area contributed by atoms with E-state index in [1.54, 1.807) is 16.7 Å². The summed E-state index contributed by atoms with van der Waals surface area (Å²) >= 11 is 0. The topological polar surface area (TPSA) is 75.1 Å².